The van der Waals surface area contributed by atoms with Crippen LogP contribution in [0.1, 0.15) is 42.1 Å². The van der Waals surface area contributed by atoms with Crippen LogP contribution in [0, 0.1) is 6.92 Å². The van der Waals surface area contributed by atoms with E-state index in [4.69, 9.17) is 5.73 Å². The van der Waals surface area contributed by atoms with E-state index in [1.165, 1.54) is 25.8 Å². The molecular weight excluding hydrogens is 262 g/mol. The third-order valence-electron chi connectivity index (χ3n) is 4.93. The van der Waals surface area contributed by atoms with Gasteiger partial charge in [-0.1, -0.05) is 6.42 Å². The van der Waals surface area contributed by atoms with Crippen molar-refractivity contribution in [2.45, 2.75) is 45.2 Å². The quantitative estimate of drug-likeness (QED) is 0.806. The molecule has 2 N–H and O–H groups in total. The number of benzene rings is 1. The maximum atomic E-state index is 12.9. The molecule has 0 radical (unpaired) electrons. The molecule has 0 bridgehead atoms. The zero-order chi connectivity index (χ0) is 15.0. The molecule has 114 valence electrons. The molecule has 1 aromatic rings. The Balaban J connectivity index is 1.80. The molecule has 2 saturated heterocycles. The van der Waals surface area contributed by atoms with Crippen molar-refractivity contribution in [2.24, 2.45) is 0 Å². The lowest BCUT2D eigenvalue weighted by atomic mass is 9.96. The van der Waals surface area contributed by atoms with E-state index in [0.29, 0.717) is 11.7 Å². The van der Waals surface area contributed by atoms with Gasteiger partial charge in [0.2, 0.25) is 0 Å². The van der Waals surface area contributed by atoms with Crippen molar-refractivity contribution in [3.8, 4) is 0 Å². The highest BCUT2D eigenvalue weighted by Crippen LogP contribution is 2.26. The summed E-state index contributed by atoms with van der Waals surface area (Å²) in [6.07, 6.45) is 3.81. The van der Waals surface area contributed by atoms with Gasteiger partial charge in [-0.3, -0.25) is 9.69 Å². The normalized spacial score (nSPS) is 26.5. The monoisotopic (exact) mass is 287 g/mol. The van der Waals surface area contributed by atoms with Gasteiger partial charge in [0.15, 0.2) is 0 Å². The van der Waals surface area contributed by atoms with Crippen molar-refractivity contribution in [3.05, 3.63) is 29.3 Å². The maximum Gasteiger partial charge on any atom is 0.254 e. The Morgan fingerprint density at radius 2 is 2.10 bits per heavy atom. The summed E-state index contributed by atoms with van der Waals surface area (Å²) >= 11 is 0. The largest absolute Gasteiger partial charge is 0.399 e. The molecule has 0 aromatic heterocycles. The second-order valence-corrected chi connectivity index (χ2v) is 6.53. The number of rotatable bonds is 1. The number of amides is 1. The summed E-state index contributed by atoms with van der Waals surface area (Å²) in [5.41, 5.74) is 8.27. The number of nitrogens with zero attached hydrogens (tertiary/aromatic N) is 2. The first-order valence-electron chi connectivity index (χ1n) is 7.97. The Bertz CT molecular complexity index is 543. The second-order valence-electron chi connectivity index (χ2n) is 6.53. The van der Waals surface area contributed by atoms with E-state index in [1.807, 2.05) is 25.1 Å². The number of hydrogen-bond acceptors (Lipinski definition) is 3. The number of hydrogen-bond donors (Lipinski definition) is 1. The highest BCUT2D eigenvalue weighted by Gasteiger charge is 2.35. The van der Waals surface area contributed by atoms with E-state index in [2.05, 4.69) is 16.7 Å². The number of piperidine rings is 1. The fraction of sp³-hybridized carbons (Fsp3) is 0.588. The lowest BCUT2D eigenvalue weighted by Crippen LogP contribution is -2.60. The first-order valence-corrected chi connectivity index (χ1v) is 7.97. The molecule has 2 fully saturated rings. The van der Waals surface area contributed by atoms with E-state index in [1.54, 1.807) is 0 Å². The zero-order valence-corrected chi connectivity index (χ0v) is 13.0. The molecule has 1 amide bonds. The minimum atomic E-state index is 0.158. The molecule has 4 heteroatoms. The third-order valence-corrected chi connectivity index (χ3v) is 4.93. The SMILES string of the molecule is Cc1cc(N)ccc1C(=O)N1CC2CCCCN2CC1C. The molecule has 2 heterocycles. The summed E-state index contributed by atoms with van der Waals surface area (Å²) in [6, 6.07) is 6.40. The number of carbonyl (C=O) groups excluding carboxylic acids is 1. The average molecular weight is 287 g/mol. The van der Waals surface area contributed by atoms with Crippen molar-refractivity contribution in [3.63, 3.8) is 0 Å². The Morgan fingerprint density at radius 1 is 1.29 bits per heavy atom. The summed E-state index contributed by atoms with van der Waals surface area (Å²) in [5, 5.41) is 0. The average Bonchev–Trinajstić information content (AvgIpc) is 2.46. The van der Waals surface area contributed by atoms with E-state index in [9.17, 15) is 4.79 Å². The van der Waals surface area contributed by atoms with Gasteiger partial charge in [0.1, 0.15) is 0 Å². The van der Waals surface area contributed by atoms with Crippen LogP contribution in [0.25, 0.3) is 0 Å². The van der Waals surface area contributed by atoms with E-state index in [0.717, 1.165) is 24.2 Å². The third kappa shape index (κ3) is 2.77. The lowest BCUT2D eigenvalue weighted by molar-refractivity contribution is 0.0151. The van der Waals surface area contributed by atoms with Gasteiger partial charge in [-0.25, -0.2) is 0 Å². The number of carbonyl (C=O) groups is 1. The van der Waals surface area contributed by atoms with Crippen LogP contribution in [0.2, 0.25) is 0 Å². The molecule has 3 rings (SSSR count). The highest BCUT2D eigenvalue weighted by atomic mass is 16.2. The smallest absolute Gasteiger partial charge is 0.254 e. The van der Waals surface area contributed by atoms with Crippen LogP contribution in [0.4, 0.5) is 5.69 Å². The van der Waals surface area contributed by atoms with Crippen molar-refractivity contribution in [1.82, 2.24) is 9.80 Å². The molecule has 2 unspecified atom stereocenters. The predicted octanol–water partition coefficient (Wildman–Crippen LogP) is 2.28. The van der Waals surface area contributed by atoms with Crippen LogP contribution in [0.3, 0.4) is 0 Å². The minimum Gasteiger partial charge on any atom is -0.399 e. The minimum absolute atomic E-state index is 0.158. The van der Waals surface area contributed by atoms with Crippen LogP contribution >= 0.6 is 0 Å². The van der Waals surface area contributed by atoms with Crippen molar-refractivity contribution >= 4 is 11.6 Å². The Morgan fingerprint density at radius 3 is 2.86 bits per heavy atom. The summed E-state index contributed by atoms with van der Waals surface area (Å²) < 4.78 is 0. The molecule has 0 saturated carbocycles. The Labute approximate surface area is 126 Å². The molecular formula is C17H25N3O. The van der Waals surface area contributed by atoms with Crippen LogP contribution in [-0.2, 0) is 0 Å². The van der Waals surface area contributed by atoms with E-state index in [-0.39, 0.29) is 11.9 Å². The first kappa shape index (κ1) is 14.4. The van der Waals surface area contributed by atoms with Crippen LogP contribution in [0.15, 0.2) is 18.2 Å². The standard InChI is InChI=1S/C17H25N3O/c1-12-9-14(18)6-7-16(12)17(21)20-11-15-5-3-4-8-19(15)10-13(20)2/h6-7,9,13,15H,3-5,8,10-11,18H2,1-2H3. The van der Waals surface area contributed by atoms with Gasteiger partial charge in [-0.2, -0.15) is 0 Å². The molecule has 0 aliphatic carbocycles. The van der Waals surface area contributed by atoms with Gasteiger partial charge < -0.3 is 10.6 Å². The zero-order valence-electron chi connectivity index (χ0n) is 13.0. The number of aryl methyl sites for hydroxylation is 1. The number of nitrogens with two attached hydrogens (primary N) is 1. The lowest BCUT2D eigenvalue weighted by Gasteiger charge is -2.47. The molecule has 1 aromatic carbocycles. The summed E-state index contributed by atoms with van der Waals surface area (Å²) in [5.74, 6) is 0.158. The van der Waals surface area contributed by atoms with Gasteiger partial charge in [-0.15, -0.1) is 0 Å². The van der Waals surface area contributed by atoms with Gasteiger partial charge >= 0.3 is 0 Å². The molecule has 0 spiro atoms. The molecule has 4 nitrogen and oxygen atoms in total. The number of piperazine rings is 1. The fourth-order valence-corrected chi connectivity index (χ4v) is 3.72. The van der Waals surface area contributed by atoms with E-state index >= 15 is 0 Å². The van der Waals surface area contributed by atoms with Gasteiger partial charge in [-0.05, 0) is 57.0 Å². The first-order chi connectivity index (χ1) is 10.1. The summed E-state index contributed by atoms with van der Waals surface area (Å²) in [6.45, 7) is 7.19. The van der Waals surface area contributed by atoms with Crippen molar-refractivity contribution in [1.29, 1.82) is 0 Å². The summed E-state index contributed by atoms with van der Waals surface area (Å²) in [4.78, 5) is 17.5. The summed E-state index contributed by atoms with van der Waals surface area (Å²) in [7, 11) is 0. The number of nitrogen functional groups attached to an aromatic ring is 1. The molecule has 21 heavy (non-hydrogen) atoms. The topological polar surface area (TPSA) is 49.6 Å². The predicted molar refractivity (Wildman–Crippen MR) is 85.3 cm³/mol. The Hall–Kier alpha value is -1.55. The van der Waals surface area contributed by atoms with Crippen molar-refractivity contribution < 1.29 is 4.79 Å². The number of fused-ring (bicyclic) bond motifs is 1. The molecule has 2 atom stereocenters. The van der Waals surface area contributed by atoms with Gasteiger partial charge in [0.05, 0.1) is 0 Å². The van der Waals surface area contributed by atoms with Crippen LogP contribution in [-0.4, -0.2) is 47.4 Å². The van der Waals surface area contributed by atoms with Gasteiger partial charge in [0.25, 0.3) is 5.91 Å². The van der Waals surface area contributed by atoms with Crippen LogP contribution < -0.4 is 5.73 Å². The molecule has 2 aliphatic rings. The van der Waals surface area contributed by atoms with Gasteiger partial charge in [0, 0.05) is 36.4 Å². The van der Waals surface area contributed by atoms with Crippen LogP contribution in [0.5, 0.6) is 0 Å². The van der Waals surface area contributed by atoms with Crippen molar-refractivity contribution in [2.75, 3.05) is 25.4 Å². The highest BCUT2D eigenvalue weighted by molar-refractivity contribution is 5.96. The molecule has 2 aliphatic heterocycles. The fourth-order valence-electron chi connectivity index (χ4n) is 3.72. The number of anilines is 1. The Kier molecular flexibility index (Phi) is 3.89. The maximum absolute atomic E-state index is 12.9. The van der Waals surface area contributed by atoms with E-state index < -0.39 is 0 Å². The second kappa shape index (κ2) is 5.68.